The lowest BCUT2D eigenvalue weighted by Gasteiger charge is -2.25. The molecule has 3 unspecified atom stereocenters. The Morgan fingerprint density at radius 3 is 2.78 bits per heavy atom. The molecule has 3 aliphatic carbocycles. The van der Waals surface area contributed by atoms with Gasteiger partial charge in [-0.05, 0) is 23.1 Å². The number of rotatable bonds is 0. The number of alkyl halides is 2. The zero-order chi connectivity index (χ0) is 12.5. The van der Waals surface area contributed by atoms with Gasteiger partial charge in [0.05, 0.1) is 10.8 Å². The van der Waals surface area contributed by atoms with Crippen molar-refractivity contribution in [2.45, 2.75) is 17.2 Å². The van der Waals surface area contributed by atoms with Crippen LogP contribution in [-0.2, 0) is 0 Å². The highest BCUT2D eigenvalue weighted by Gasteiger charge is 2.23. The molecule has 0 nitrogen and oxygen atoms in total. The highest BCUT2D eigenvalue weighted by atomic mass is 35.5. The summed E-state index contributed by atoms with van der Waals surface area (Å²) >= 11 is 12.9. The van der Waals surface area contributed by atoms with Gasteiger partial charge in [-0.2, -0.15) is 0 Å². The Kier molecular flexibility index (Phi) is 3.32. The molecule has 18 heavy (non-hydrogen) atoms. The summed E-state index contributed by atoms with van der Waals surface area (Å²) in [5, 5.41) is 0.0598. The van der Waals surface area contributed by atoms with Crippen LogP contribution in [-0.4, -0.2) is 10.8 Å². The summed E-state index contributed by atoms with van der Waals surface area (Å²) in [6.07, 6.45) is 19.9. The minimum atomic E-state index is -0.00407. The predicted octanol–water partition coefficient (Wildman–Crippen LogP) is 4.70. The first-order valence-electron chi connectivity index (χ1n) is 6.19. The van der Waals surface area contributed by atoms with Crippen LogP contribution in [0.4, 0.5) is 0 Å². The predicted molar refractivity (Wildman–Crippen MR) is 79.1 cm³/mol. The molecule has 0 fully saturated rings. The highest BCUT2D eigenvalue weighted by Crippen LogP contribution is 2.34. The van der Waals surface area contributed by atoms with E-state index in [9.17, 15) is 0 Å². The molecule has 3 atom stereocenters. The Labute approximate surface area is 118 Å². The van der Waals surface area contributed by atoms with Crippen LogP contribution in [0.25, 0.3) is 0 Å². The van der Waals surface area contributed by atoms with Crippen LogP contribution in [0.5, 0.6) is 0 Å². The van der Waals surface area contributed by atoms with E-state index in [4.69, 9.17) is 23.2 Å². The molecule has 2 heteroatoms. The lowest BCUT2D eigenvalue weighted by Crippen LogP contribution is -2.17. The van der Waals surface area contributed by atoms with Gasteiger partial charge in [0.1, 0.15) is 0 Å². The van der Waals surface area contributed by atoms with E-state index in [2.05, 4.69) is 54.7 Å². The average molecular weight is 277 g/mol. The maximum Gasteiger partial charge on any atom is 0.0625 e. The van der Waals surface area contributed by atoms with Crippen LogP contribution in [0.15, 0.2) is 71.4 Å². The van der Waals surface area contributed by atoms with Crippen LogP contribution in [0, 0.1) is 5.92 Å². The molecule has 0 bridgehead atoms. The second kappa shape index (κ2) is 4.95. The van der Waals surface area contributed by atoms with Crippen molar-refractivity contribution in [3.63, 3.8) is 0 Å². The number of hydrogen-bond acceptors (Lipinski definition) is 0. The van der Waals surface area contributed by atoms with Crippen molar-refractivity contribution < 1.29 is 0 Å². The number of fused-ring (bicyclic) bond motifs is 1. The van der Waals surface area contributed by atoms with E-state index in [0.717, 1.165) is 6.42 Å². The molecular weight excluding hydrogens is 263 g/mol. The topological polar surface area (TPSA) is 0 Å². The summed E-state index contributed by atoms with van der Waals surface area (Å²) in [5.41, 5.74) is 3.63. The molecule has 3 aliphatic rings. The number of hydrogen-bond donors (Lipinski definition) is 0. The van der Waals surface area contributed by atoms with Crippen molar-refractivity contribution in [3.8, 4) is 0 Å². The minimum absolute atomic E-state index is 0.00407. The quantitative estimate of drug-likeness (QED) is 0.563. The molecule has 0 aromatic rings. The van der Waals surface area contributed by atoms with Crippen LogP contribution in [0.2, 0.25) is 0 Å². The maximum absolute atomic E-state index is 6.44. The van der Waals surface area contributed by atoms with Crippen molar-refractivity contribution >= 4 is 23.2 Å². The van der Waals surface area contributed by atoms with Gasteiger partial charge in [-0.15, -0.1) is 23.2 Å². The molecule has 0 saturated carbocycles. The van der Waals surface area contributed by atoms with Crippen molar-refractivity contribution in [1.82, 2.24) is 0 Å². The van der Waals surface area contributed by atoms with Gasteiger partial charge in [-0.1, -0.05) is 54.7 Å². The van der Waals surface area contributed by atoms with Gasteiger partial charge in [-0.25, -0.2) is 0 Å². The van der Waals surface area contributed by atoms with E-state index >= 15 is 0 Å². The van der Waals surface area contributed by atoms with Crippen molar-refractivity contribution in [2.24, 2.45) is 5.92 Å². The van der Waals surface area contributed by atoms with E-state index in [0.29, 0.717) is 0 Å². The Hall–Kier alpha value is -0.980. The highest BCUT2D eigenvalue weighted by molar-refractivity contribution is 6.23. The zero-order valence-corrected chi connectivity index (χ0v) is 11.4. The second-order valence-corrected chi connectivity index (χ2v) is 5.76. The van der Waals surface area contributed by atoms with Gasteiger partial charge in [-0.3, -0.25) is 0 Å². The molecule has 0 N–H and O–H groups in total. The lowest BCUT2D eigenvalue weighted by atomic mass is 9.84. The molecular formula is C16H14Cl2. The first-order valence-corrected chi connectivity index (χ1v) is 7.06. The van der Waals surface area contributed by atoms with E-state index in [1.165, 1.54) is 16.7 Å². The fraction of sp³-hybridized carbons (Fsp3) is 0.250. The van der Waals surface area contributed by atoms with Crippen molar-refractivity contribution in [1.29, 1.82) is 0 Å². The molecule has 0 spiro atoms. The molecule has 0 heterocycles. The zero-order valence-electron chi connectivity index (χ0n) is 9.89. The van der Waals surface area contributed by atoms with Crippen LogP contribution in [0.1, 0.15) is 6.42 Å². The Bertz CT molecular complexity index is 529. The summed E-state index contributed by atoms with van der Waals surface area (Å²) in [7, 11) is 0. The lowest BCUT2D eigenvalue weighted by molar-refractivity contribution is 0.790. The number of allylic oxidation sites excluding steroid dienone is 12. The number of halogens is 2. The van der Waals surface area contributed by atoms with Gasteiger partial charge in [0.15, 0.2) is 0 Å². The monoisotopic (exact) mass is 276 g/mol. The first kappa shape index (κ1) is 12.1. The van der Waals surface area contributed by atoms with E-state index in [1.807, 2.05) is 0 Å². The molecule has 0 saturated heterocycles. The van der Waals surface area contributed by atoms with Crippen molar-refractivity contribution in [2.75, 3.05) is 0 Å². The van der Waals surface area contributed by atoms with Gasteiger partial charge in [0.2, 0.25) is 0 Å². The van der Waals surface area contributed by atoms with Crippen molar-refractivity contribution in [3.05, 3.63) is 71.4 Å². The Balaban J connectivity index is 2.12. The molecule has 0 radical (unpaired) electrons. The largest absolute Gasteiger partial charge is 0.117 e. The molecule has 0 aliphatic heterocycles. The maximum atomic E-state index is 6.44. The Morgan fingerprint density at radius 2 is 1.89 bits per heavy atom. The van der Waals surface area contributed by atoms with Gasteiger partial charge >= 0.3 is 0 Å². The van der Waals surface area contributed by atoms with Crippen LogP contribution < -0.4 is 0 Å². The molecule has 0 amide bonds. The van der Waals surface area contributed by atoms with Gasteiger partial charge in [0, 0.05) is 5.92 Å². The summed E-state index contributed by atoms with van der Waals surface area (Å²) in [4.78, 5) is 0. The van der Waals surface area contributed by atoms with Crippen LogP contribution >= 0.6 is 23.2 Å². The molecule has 0 aromatic heterocycles. The van der Waals surface area contributed by atoms with Gasteiger partial charge < -0.3 is 0 Å². The third-order valence-electron chi connectivity index (χ3n) is 3.54. The summed E-state index contributed by atoms with van der Waals surface area (Å²) in [6, 6.07) is 0. The standard InChI is InChI=1S/C16H14Cl2/c17-15-7-3-5-11-8-9-16(18)13-6-2-1-4-12(13)10-14(11)15/h1-6,8-10,13,15-16H,7H2/b9-8-,12-10-. The van der Waals surface area contributed by atoms with E-state index < -0.39 is 0 Å². The SMILES string of the molecule is ClC1CC=CC2=C1/C=C1/C=CC=CC1C(Cl)/C=C\2. The average Bonchev–Trinajstić information content (AvgIpc) is 2.38. The molecule has 92 valence electrons. The Morgan fingerprint density at radius 1 is 1.00 bits per heavy atom. The summed E-state index contributed by atoms with van der Waals surface area (Å²) in [6.45, 7) is 0. The van der Waals surface area contributed by atoms with E-state index in [-0.39, 0.29) is 16.7 Å². The molecule has 0 aromatic carbocycles. The third-order valence-corrected chi connectivity index (χ3v) is 4.37. The second-order valence-electron chi connectivity index (χ2n) is 4.73. The smallest absolute Gasteiger partial charge is 0.0625 e. The summed E-state index contributed by atoms with van der Waals surface area (Å²) in [5.74, 6) is 0.247. The minimum Gasteiger partial charge on any atom is -0.117 e. The van der Waals surface area contributed by atoms with Crippen LogP contribution in [0.3, 0.4) is 0 Å². The fourth-order valence-corrected chi connectivity index (χ4v) is 3.14. The summed E-state index contributed by atoms with van der Waals surface area (Å²) < 4.78 is 0. The first-order chi connectivity index (χ1) is 8.75. The normalized spacial score (nSPS) is 38.3. The third kappa shape index (κ3) is 2.15. The molecule has 3 rings (SSSR count). The van der Waals surface area contributed by atoms with Gasteiger partial charge in [0.25, 0.3) is 0 Å². The fourth-order valence-electron chi connectivity index (χ4n) is 2.55. The van der Waals surface area contributed by atoms with E-state index in [1.54, 1.807) is 0 Å².